The summed E-state index contributed by atoms with van der Waals surface area (Å²) in [5, 5.41) is 3.91. The molecule has 0 unspecified atom stereocenters. The topological polar surface area (TPSA) is 12.0 Å². The van der Waals surface area contributed by atoms with Crippen molar-refractivity contribution in [3.8, 4) is 0 Å². The summed E-state index contributed by atoms with van der Waals surface area (Å²) in [6.45, 7) is 14.5. The summed E-state index contributed by atoms with van der Waals surface area (Å²) >= 11 is 0. The van der Waals surface area contributed by atoms with Gasteiger partial charge in [-0.3, -0.25) is 0 Å². The zero-order valence-corrected chi connectivity index (χ0v) is 19.4. The fourth-order valence-corrected chi connectivity index (χ4v) is 5.76. The van der Waals surface area contributed by atoms with Crippen molar-refractivity contribution in [3.05, 3.63) is 105 Å². The third-order valence-electron chi connectivity index (χ3n) is 6.61. The van der Waals surface area contributed by atoms with Gasteiger partial charge in [-0.05, 0) is 77.6 Å². The second-order valence-corrected chi connectivity index (χ2v) is 9.59. The predicted octanol–water partition coefficient (Wildman–Crippen LogP) is 6.62. The highest BCUT2D eigenvalue weighted by atomic mass is 15.0. The van der Waals surface area contributed by atoms with Crippen LogP contribution in [0.25, 0.3) is 0 Å². The van der Waals surface area contributed by atoms with E-state index in [2.05, 4.69) is 101 Å². The molecule has 0 aromatic heterocycles. The first kappa shape index (κ1) is 20.9. The summed E-state index contributed by atoms with van der Waals surface area (Å²) in [6, 6.07) is 21.8. The van der Waals surface area contributed by atoms with E-state index in [1.54, 1.807) is 0 Å². The number of aryl methyl sites for hydroxylation is 6. The SMILES string of the molecule is Cc1cc(C)cc(C(c2cc(C)cc(C)c2)(c2cc(C)cc(C)c2)[C@H]2CCCN2)c1. The maximum Gasteiger partial charge on any atom is 0.0604 e. The summed E-state index contributed by atoms with van der Waals surface area (Å²) in [7, 11) is 0. The summed E-state index contributed by atoms with van der Waals surface area (Å²) in [4.78, 5) is 0. The Kier molecular flexibility index (Phi) is 5.59. The fraction of sp³-hybridized carbons (Fsp3) is 0.379. The standard InChI is InChI=1S/C29H35N/c1-19-10-20(2)14-25(13-19)29(28-8-7-9-30-28,26-15-21(3)11-22(4)16-26)27-17-23(5)12-24(6)18-27/h10-18,28,30H,7-9H2,1-6H3/t28-/m1/s1. The average molecular weight is 398 g/mol. The van der Waals surface area contributed by atoms with Crippen LogP contribution in [0.3, 0.4) is 0 Å². The van der Waals surface area contributed by atoms with Crippen LogP contribution < -0.4 is 5.32 Å². The first-order valence-electron chi connectivity index (χ1n) is 11.3. The molecule has 1 heteroatoms. The molecule has 0 saturated carbocycles. The van der Waals surface area contributed by atoms with Crippen molar-refractivity contribution in [3.63, 3.8) is 0 Å². The van der Waals surface area contributed by atoms with Gasteiger partial charge in [-0.1, -0.05) is 88.0 Å². The second-order valence-electron chi connectivity index (χ2n) is 9.59. The van der Waals surface area contributed by atoms with Crippen LogP contribution in [0.1, 0.15) is 62.9 Å². The lowest BCUT2D eigenvalue weighted by Gasteiger charge is -2.42. The number of hydrogen-bond donors (Lipinski definition) is 1. The maximum absolute atomic E-state index is 3.91. The van der Waals surface area contributed by atoms with Crippen LogP contribution in [0.5, 0.6) is 0 Å². The van der Waals surface area contributed by atoms with E-state index in [0.29, 0.717) is 6.04 Å². The van der Waals surface area contributed by atoms with Crippen molar-refractivity contribution >= 4 is 0 Å². The van der Waals surface area contributed by atoms with Crippen LogP contribution in [-0.4, -0.2) is 12.6 Å². The third kappa shape index (κ3) is 3.72. The molecular formula is C29H35N. The van der Waals surface area contributed by atoms with Crippen LogP contribution in [0.4, 0.5) is 0 Å². The molecule has 4 rings (SSSR count). The molecule has 1 saturated heterocycles. The van der Waals surface area contributed by atoms with Gasteiger partial charge in [0.15, 0.2) is 0 Å². The van der Waals surface area contributed by atoms with Gasteiger partial charge in [0.05, 0.1) is 5.41 Å². The van der Waals surface area contributed by atoms with E-state index in [1.165, 1.54) is 62.9 Å². The Balaban J connectivity index is 2.15. The summed E-state index contributed by atoms with van der Waals surface area (Å²) in [5.41, 5.74) is 12.0. The Morgan fingerprint density at radius 3 is 1.17 bits per heavy atom. The van der Waals surface area contributed by atoms with Crippen molar-refractivity contribution < 1.29 is 0 Å². The Bertz CT molecular complexity index is 884. The monoisotopic (exact) mass is 397 g/mol. The van der Waals surface area contributed by atoms with E-state index >= 15 is 0 Å². The lowest BCUT2D eigenvalue weighted by molar-refractivity contribution is 0.434. The smallest absolute Gasteiger partial charge is 0.0604 e. The molecule has 0 spiro atoms. The Morgan fingerprint density at radius 1 is 0.567 bits per heavy atom. The van der Waals surface area contributed by atoms with Crippen molar-refractivity contribution in [1.29, 1.82) is 0 Å². The molecule has 0 aliphatic carbocycles. The molecule has 0 radical (unpaired) electrons. The summed E-state index contributed by atoms with van der Waals surface area (Å²) in [5.74, 6) is 0. The lowest BCUT2D eigenvalue weighted by Crippen LogP contribution is -2.47. The Labute approximate surface area is 182 Å². The van der Waals surface area contributed by atoms with Gasteiger partial charge in [0, 0.05) is 6.04 Å². The van der Waals surface area contributed by atoms with Crippen molar-refractivity contribution in [2.24, 2.45) is 0 Å². The third-order valence-corrected chi connectivity index (χ3v) is 6.61. The minimum atomic E-state index is -0.207. The fourth-order valence-electron chi connectivity index (χ4n) is 5.76. The number of hydrogen-bond acceptors (Lipinski definition) is 1. The zero-order chi connectivity index (χ0) is 21.5. The number of nitrogens with one attached hydrogen (secondary N) is 1. The molecule has 1 aliphatic heterocycles. The van der Waals surface area contributed by atoms with Crippen molar-refractivity contribution in [2.75, 3.05) is 6.54 Å². The Hall–Kier alpha value is -2.38. The number of benzene rings is 3. The second kappa shape index (κ2) is 8.04. The molecule has 1 aliphatic rings. The van der Waals surface area contributed by atoms with Crippen molar-refractivity contribution in [2.45, 2.75) is 65.8 Å². The van der Waals surface area contributed by atoms with Crippen LogP contribution in [0, 0.1) is 41.5 Å². The Morgan fingerprint density at radius 2 is 0.900 bits per heavy atom. The average Bonchev–Trinajstić information content (AvgIpc) is 3.15. The molecule has 3 aromatic rings. The van der Waals surface area contributed by atoms with E-state index in [9.17, 15) is 0 Å². The zero-order valence-electron chi connectivity index (χ0n) is 19.4. The van der Waals surface area contributed by atoms with Gasteiger partial charge in [-0.2, -0.15) is 0 Å². The summed E-state index contributed by atoms with van der Waals surface area (Å²) < 4.78 is 0. The van der Waals surface area contributed by atoms with E-state index in [1.807, 2.05) is 0 Å². The normalized spacial score (nSPS) is 16.8. The van der Waals surface area contributed by atoms with Crippen molar-refractivity contribution in [1.82, 2.24) is 5.32 Å². The van der Waals surface area contributed by atoms with Crippen LogP contribution in [0.15, 0.2) is 54.6 Å². The number of rotatable bonds is 4. The highest BCUT2D eigenvalue weighted by Crippen LogP contribution is 2.46. The molecule has 1 atom stereocenters. The predicted molar refractivity (Wildman–Crippen MR) is 129 cm³/mol. The molecule has 3 aromatic carbocycles. The van der Waals surface area contributed by atoms with E-state index in [4.69, 9.17) is 0 Å². The largest absolute Gasteiger partial charge is 0.312 e. The van der Waals surface area contributed by atoms with Crippen LogP contribution >= 0.6 is 0 Å². The van der Waals surface area contributed by atoms with Gasteiger partial charge in [0.2, 0.25) is 0 Å². The summed E-state index contributed by atoms with van der Waals surface area (Å²) in [6.07, 6.45) is 2.42. The molecule has 1 N–H and O–H groups in total. The molecule has 1 heterocycles. The van der Waals surface area contributed by atoms with Crippen LogP contribution in [0.2, 0.25) is 0 Å². The maximum atomic E-state index is 3.91. The molecular weight excluding hydrogens is 362 g/mol. The quantitative estimate of drug-likeness (QED) is 0.488. The van der Waals surface area contributed by atoms with E-state index in [0.717, 1.165) is 6.54 Å². The van der Waals surface area contributed by atoms with Gasteiger partial charge in [-0.15, -0.1) is 0 Å². The molecule has 1 fully saturated rings. The van der Waals surface area contributed by atoms with Gasteiger partial charge in [-0.25, -0.2) is 0 Å². The van der Waals surface area contributed by atoms with Crippen LogP contribution in [-0.2, 0) is 5.41 Å². The lowest BCUT2D eigenvalue weighted by atomic mass is 9.63. The van der Waals surface area contributed by atoms with E-state index in [-0.39, 0.29) is 5.41 Å². The van der Waals surface area contributed by atoms with E-state index < -0.39 is 0 Å². The minimum Gasteiger partial charge on any atom is -0.312 e. The first-order valence-corrected chi connectivity index (χ1v) is 11.3. The molecule has 1 nitrogen and oxygen atoms in total. The highest BCUT2D eigenvalue weighted by molar-refractivity contribution is 5.57. The first-order chi connectivity index (χ1) is 14.3. The molecule has 0 bridgehead atoms. The highest BCUT2D eigenvalue weighted by Gasteiger charge is 2.45. The molecule has 0 amide bonds. The van der Waals surface area contributed by atoms with Gasteiger partial charge >= 0.3 is 0 Å². The van der Waals surface area contributed by atoms with Gasteiger partial charge in [0.25, 0.3) is 0 Å². The molecule has 156 valence electrons. The minimum absolute atomic E-state index is 0.207. The van der Waals surface area contributed by atoms with Gasteiger partial charge < -0.3 is 5.32 Å². The van der Waals surface area contributed by atoms with Gasteiger partial charge in [0.1, 0.15) is 0 Å². The molecule has 30 heavy (non-hydrogen) atoms.